The molecule has 0 atom stereocenters. The second-order valence-electron chi connectivity index (χ2n) is 5.66. The van der Waals surface area contributed by atoms with Crippen molar-refractivity contribution in [3.63, 3.8) is 0 Å². The van der Waals surface area contributed by atoms with Gasteiger partial charge in [-0.3, -0.25) is 9.59 Å². The number of Topliss-reactive ketones (excluding diaryl/α,β-unsaturated/α-hetero) is 2. The third-order valence-corrected chi connectivity index (χ3v) is 2.45. The van der Waals surface area contributed by atoms with Gasteiger partial charge >= 0.3 is 0 Å². The van der Waals surface area contributed by atoms with E-state index in [1.165, 1.54) is 0 Å². The first-order valence-electron chi connectivity index (χ1n) is 6.90. The number of hydrogen-bond donors (Lipinski definition) is 0. The first-order valence-corrected chi connectivity index (χ1v) is 6.90. The van der Waals surface area contributed by atoms with Crippen LogP contribution in [0.2, 0.25) is 0 Å². The summed E-state index contributed by atoms with van der Waals surface area (Å²) in [6.45, 7) is 9.89. The summed E-state index contributed by atoms with van der Waals surface area (Å²) in [5.74, 6) is 1.57. The minimum absolute atomic E-state index is 0.121. The molecule has 0 bridgehead atoms. The Morgan fingerprint density at radius 3 is 1.58 bits per heavy atom. The summed E-state index contributed by atoms with van der Waals surface area (Å²) in [6.07, 6.45) is 1.50. The summed E-state index contributed by atoms with van der Waals surface area (Å²) in [5, 5.41) is 0. The maximum absolute atomic E-state index is 11.1. The van der Waals surface area contributed by atoms with Crippen LogP contribution in [0.4, 0.5) is 0 Å². The first kappa shape index (κ1) is 17.6. The highest BCUT2D eigenvalue weighted by Crippen LogP contribution is 2.07. The van der Waals surface area contributed by atoms with Crippen LogP contribution >= 0.6 is 0 Å². The van der Waals surface area contributed by atoms with E-state index in [4.69, 9.17) is 0 Å². The molecule has 0 radical (unpaired) electrons. The van der Waals surface area contributed by atoms with Crippen molar-refractivity contribution in [2.24, 2.45) is 11.8 Å². The molecule has 1 aromatic rings. The number of carbonyl (C=O) groups is 2. The molecule has 0 amide bonds. The lowest BCUT2D eigenvalue weighted by molar-refractivity contribution is -0.120. The second-order valence-corrected chi connectivity index (χ2v) is 5.66. The van der Waals surface area contributed by atoms with E-state index in [1.807, 2.05) is 30.3 Å². The van der Waals surface area contributed by atoms with Gasteiger partial charge in [-0.1, -0.05) is 58.0 Å². The van der Waals surface area contributed by atoms with Crippen LogP contribution < -0.4 is 0 Å². The van der Waals surface area contributed by atoms with Gasteiger partial charge in [0.25, 0.3) is 0 Å². The van der Waals surface area contributed by atoms with Crippen LogP contribution in [-0.4, -0.2) is 11.6 Å². The highest BCUT2D eigenvalue weighted by atomic mass is 16.1. The Balaban J connectivity index is 0.000000342. The molecule has 0 aliphatic heterocycles. The smallest absolute Gasteiger partial charge is 0.159 e. The van der Waals surface area contributed by atoms with Crippen molar-refractivity contribution in [3.8, 4) is 0 Å². The summed E-state index contributed by atoms with van der Waals surface area (Å²) < 4.78 is 0. The number of ketones is 2. The summed E-state index contributed by atoms with van der Waals surface area (Å²) >= 11 is 0. The van der Waals surface area contributed by atoms with Crippen LogP contribution in [0.3, 0.4) is 0 Å². The molecule has 0 aliphatic rings. The minimum Gasteiger partial charge on any atom is -0.300 e. The van der Waals surface area contributed by atoms with Crippen molar-refractivity contribution in [2.75, 3.05) is 0 Å². The fraction of sp³-hybridized carbons (Fsp3) is 0.529. The van der Waals surface area contributed by atoms with Crippen LogP contribution in [0.1, 0.15) is 57.8 Å². The zero-order chi connectivity index (χ0) is 14.8. The maximum Gasteiger partial charge on any atom is 0.159 e. The molecule has 1 rings (SSSR count). The molecule has 0 saturated heterocycles. The van der Waals surface area contributed by atoms with Crippen LogP contribution in [0.25, 0.3) is 0 Å². The predicted octanol–water partition coefficient (Wildman–Crippen LogP) is 4.54. The maximum atomic E-state index is 11.1. The average Bonchev–Trinajstić information content (AvgIpc) is 2.28. The Hall–Kier alpha value is -1.44. The topological polar surface area (TPSA) is 34.1 Å². The van der Waals surface area contributed by atoms with E-state index < -0.39 is 0 Å². The fourth-order valence-corrected chi connectivity index (χ4v) is 1.67. The van der Waals surface area contributed by atoms with Gasteiger partial charge in [0.15, 0.2) is 5.78 Å². The molecule has 0 aliphatic carbocycles. The lowest BCUT2D eigenvalue weighted by Gasteiger charge is -2.05. The quantitative estimate of drug-likeness (QED) is 0.730. The number of hydrogen-bond acceptors (Lipinski definition) is 2. The van der Waals surface area contributed by atoms with Crippen molar-refractivity contribution < 1.29 is 9.59 Å². The van der Waals surface area contributed by atoms with E-state index in [0.717, 1.165) is 18.4 Å². The van der Waals surface area contributed by atoms with Crippen molar-refractivity contribution in [1.82, 2.24) is 0 Å². The van der Waals surface area contributed by atoms with Gasteiger partial charge < -0.3 is 0 Å². The van der Waals surface area contributed by atoms with Gasteiger partial charge in [-0.25, -0.2) is 0 Å². The van der Waals surface area contributed by atoms with Gasteiger partial charge in [-0.15, -0.1) is 0 Å². The van der Waals surface area contributed by atoms with Crippen molar-refractivity contribution in [3.05, 3.63) is 35.9 Å². The van der Waals surface area contributed by atoms with E-state index in [-0.39, 0.29) is 5.78 Å². The first-order chi connectivity index (χ1) is 8.82. The average molecular weight is 262 g/mol. The van der Waals surface area contributed by atoms with E-state index >= 15 is 0 Å². The van der Waals surface area contributed by atoms with Gasteiger partial charge in [0.05, 0.1) is 0 Å². The number of rotatable bonds is 5. The van der Waals surface area contributed by atoms with Crippen molar-refractivity contribution in [2.45, 2.75) is 47.5 Å². The molecule has 1 aromatic carbocycles. The molecule has 0 fully saturated rings. The van der Waals surface area contributed by atoms with Gasteiger partial charge in [0, 0.05) is 18.4 Å². The Bertz CT molecular complexity index is 366. The Kier molecular flexibility index (Phi) is 8.77. The van der Waals surface area contributed by atoms with E-state index in [2.05, 4.69) is 27.7 Å². The molecular formula is C17H26O2. The zero-order valence-corrected chi connectivity index (χ0v) is 12.8. The van der Waals surface area contributed by atoms with Crippen LogP contribution in [0.5, 0.6) is 0 Å². The van der Waals surface area contributed by atoms with Crippen LogP contribution in [-0.2, 0) is 4.79 Å². The molecule has 19 heavy (non-hydrogen) atoms. The molecule has 0 aromatic heterocycles. The largest absolute Gasteiger partial charge is 0.300 e. The van der Waals surface area contributed by atoms with Crippen LogP contribution in [0, 0.1) is 11.8 Å². The van der Waals surface area contributed by atoms with Gasteiger partial charge in [0.1, 0.15) is 5.78 Å². The molecule has 0 spiro atoms. The highest BCUT2D eigenvalue weighted by Gasteiger charge is 2.06. The lowest BCUT2D eigenvalue weighted by atomic mass is 10.00. The van der Waals surface area contributed by atoms with E-state index in [1.54, 1.807) is 6.92 Å². The second kappa shape index (κ2) is 9.48. The summed E-state index contributed by atoms with van der Waals surface area (Å²) in [5.41, 5.74) is 0.775. The third kappa shape index (κ3) is 10.2. The highest BCUT2D eigenvalue weighted by molar-refractivity contribution is 5.93. The molecule has 0 N–H and O–H groups in total. The van der Waals surface area contributed by atoms with Gasteiger partial charge in [-0.05, 0) is 18.8 Å². The minimum atomic E-state index is 0.121. The fourth-order valence-electron chi connectivity index (χ4n) is 1.67. The molecule has 0 heterocycles. The Labute approximate surface area is 117 Å². The zero-order valence-electron chi connectivity index (χ0n) is 12.8. The van der Waals surface area contributed by atoms with E-state index in [9.17, 15) is 9.59 Å². The lowest BCUT2D eigenvalue weighted by Crippen LogP contribution is -2.05. The van der Waals surface area contributed by atoms with E-state index in [0.29, 0.717) is 17.6 Å². The number of benzene rings is 1. The number of carbonyl (C=O) groups excluding carboxylic acids is 2. The molecular weight excluding hydrogens is 236 g/mol. The molecule has 0 saturated carbocycles. The molecule has 0 unspecified atom stereocenters. The van der Waals surface area contributed by atoms with Crippen molar-refractivity contribution in [1.29, 1.82) is 0 Å². The normalized spacial score (nSPS) is 10.1. The SMILES string of the molecule is CC(=O)c1ccccc1.CC(C)CC(=O)CC(C)C. The monoisotopic (exact) mass is 262 g/mol. The Morgan fingerprint density at radius 2 is 1.32 bits per heavy atom. The molecule has 2 heteroatoms. The third-order valence-electron chi connectivity index (χ3n) is 2.45. The summed E-state index contributed by atoms with van der Waals surface area (Å²) in [6, 6.07) is 9.23. The van der Waals surface area contributed by atoms with Gasteiger partial charge in [0.2, 0.25) is 0 Å². The standard InChI is InChI=1S/C9H18O.C8H8O/c1-7(2)5-9(10)6-8(3)4;1-7(9)8-5-3-2-4-6-8/h7-8H,5-6H2,1-4H3;2-6H,1H3. The molecule has 2 nitrogen and oxygen atoms in total. The molecule has 106 valence electrons. The van der Waals surface area contributed by atoms with Crippen molar-refractivity contribution >= 4 is 11.6 Å². The van der Waals surface area contributed by atoms with Gasteiger partial charge in [-0.2, -0.15) is 0 Å². The predicted molar refractivity (Wildman–Crippen MR) is 80.4 cm³/mol. The Morgan fingerprint density at radius 1 is 0.895 bits per heavy atom. The van der Waals surface area contributed by atoms with Crippen LogP contribution in [0.15, 0.2) is 30.3 Å². The summed E-state index contributed by atoms with van der Waals surface area (Å²) in [7, 11) is 0. The summed E-state index contributed by atoms with van der Waals surface area (Å²) in [4.78, 5) is 21.7.